The molecule has 158 valence electrons. The third kappa shape index (κ3) is 5.14. The monoisotopic (exact) mass is 441 g/mol. The molecule has 0 radical (unpaired) electrons. The average molecular weight is 442 g/mol. The Hall–Kier alpha value is -1.99. The van der Waals surface area contributed by atoms with E-state index in [-0.39, 0.29) is 36.1 Å². The Labute approximate surface area is 179 Å². The molecule has 2 fully saturated rings. The van der Waals surface area contributed by atoms with Crippen LogP contribution in [0.4, 0.5) is 4.79 Å². The number of benzene rings is 1. The van der Waals surface area contributed by atoms with Gasteiger partial charge in [-0.2, -0.15) is 0 Å². The molecule has 29 heavy (non-hydrogen) atoms. The SMILES string of the molecule is CC(=O)N1CCC(C(=O)N2C[C@H](CNC(=O)O)[C@H](c3ccc(Cl)c(Cl)c3)C2)CC1. The molecule has 0 saturated carbocycles. The van der Waals surface area contributed by atoms with E-state index < -0.39 is 6.09 Å². The second-order valence-corrected chi connectivity index (χ2v) is 8.56. The Balaban J connectivity index is 1.72. The number of carboxylic acid groups (broad SMARTS) is 1. The van der Waals surface area contributed by atoms with Gasteiger partial charge in [0.05, 0.1) is 10.0 Å². The van der Waals surface area contributed by atoms with Crippen molar-refractivity contribution in [3.05, 3.63) is 33.8 Å². The Morgan fingerprint density at radius 2 is 1.79 bits per heavy atom. The number of amides is 3. The first-order chi connectivity index (χ1) is 13.8. The molecule has 0 bridgehead atoms. The molecular weight excluding hydrogens is 417 g/mol. The van der Waals surface area contributed by atoms with Crippen molar-refractivity contribution in [2.24, 2.45) is 11.8 Å². The first kappa shape index (κ1) is 21.7. The van der Waals surface area contributed by atoms with Crippen LogP contribution in [0.2, 0.25) is 10.0 Å². The van der Waals surface area contributed by atoms with Crippen molar-refractivity contribution < 1.29 is 19.5 Å². The van der Waals surface area contributed by atoms with E-state index in [2.05, 4.69) is 5.32 Å². The maximum Gasteiger partial charge on any atom is 0.404 e. The van der Waals surface area contributed by atoms with Crippen LogP contribution in [0.25, 0.3) is 0 Å². The van der Waals surface area contributed by atoms with Gasteiger partial charge < -0.3 is 20.2 Å². The topological polar surface area (TPSA) is 90.0 Å². The van der Waals surface area contributed by atoms with Gasteiger partial charge >= 0.3 is 6.09 Å². The number of hydrogen-bond donors (Lipinski definition) is 2. The van der Waals surface area contributed by atoms with E-state index in [1.54, 1.807) is 24.0 Å². The molecule has 9 heteroatoms. The first-order valence-corrected chi connectivity index (χ1v) is 10.5. The average Bonchev–Trinajstić information content (AvgIpc) is 3.12. The lowest BCUT2D eigenvalue weighted by Crippen LogP contribution is -2.43. The Kier molecular flexibility index (Phi) is 6.90. The molecule has 3 amide bonds. The van der Waals surface area contributed by atoms with Crippen molar-refractivity contribution in [1.82, 2.24) is 15.1 Å². The minimum Gasteiger partial charge on any atom is -0.465 e. The van der Waals surface area contributed by atoms with Gasteiger partial charge in [-0.15, -0.1) is 0 Å². The van der Waals surface area contributed by atoms with Crippen LogP contribution in [-0.2, 0) is 9.59 Å². The highest BCUT2D eigenvalue weighted by molar-refractivity contribution is 6.42. The normalized spacial score (nSPS) is 22.6. The van der Waals surface area contributed by atoms with E-state index in [0.29, 0.717) is 49.1 Å². The molecule has 1 aromatic carbocycles. The van der Waals surface area contributed by atoms with Gasteiger partial charge in [-0.3, -0.25) is 9.59 Å². The maximum atomic E-state index is 13.1. The molecule has 2 saturated heterocycles. The largest absolute Gasteiger partial charge is 0.465 e. The number of likely N-dealkylation sites (tertiary alicyclic amines) is 2. The van der Waals surface area contributed by atoms with Gasteiger partial charge in [0.15, 0.2) is 0 Å². The summed E-state index contributed by atoms with van der Waals surface area (Å²) in [6.07, 6.45) is 0.230. The molecule has 0 aromatic heterocycles. The van der Waals surface area contributed by atoms with E-state index in [1.165, 1.54) is 0 Å². The lowest BCUT2D eigenvalue weighted by atomic mass is 9.89. The molecule has 0 unspecified atom stereocenters. The van der Waals surface area contributed by atoms with Gasteiger partial charge in [0.25, 0.3) is 0 Å². The highest BCUT2D eigenvalue weighted by Crippen LogP contribution is 2.36. The van der Waals surface area contributed by atoms with Crippen LogP contribution in [0.3, 0.4) is 0 Å². The molecule has 0 spiro atoms. The molecule has 2 N–H and O–H groups in total. The lowest BCUT2D eigenvalue weighted by Gasteiger charge is -2.32. The zero-order valence-corrected chi connectivity index (χ0v) is 17.7. The van der Waals surface area contributed by atoms with Crippen molar-refractivity contribution in [2.45, 2.75) is 25.7 Å². The Bertz CT molecular complexity index is 796. The molecule has 2 atom stereocenters. The van der Waals surface area contributed by atoms with Gasteiger partial charge in [-0.05, 0) is 30.5 Å². The van der Waals surface area contributed by atoms with E-state index in [1.807, 2.05) is 11.0 Å². The van der Waals surface area contributed by atoms with Crippen LogP contribution in [-0.4, -0.2) is 65.5 Å². The van der Waals surface area contributed by atoms with Gasteiger partial charge in [-0.1, -0.05) is 29.3 Å². The molecule has 3 rings (SSSR count). The quantitative estimate of drug-likeness (QED) is 0.750. The number of hydrogen-bond acceptors (Lipinski definition) is 3. The van der Waals surface area contributed by atoms with Gasteiger partial charge in [0, 0.05) is 57.4 Å². The van der Waals surface area contributed by atoms with Crippen LogP contribution < -0.4 is 5.32 Å². The number of carbonyl (C=O) groups is 3. The highest BCUT2D eigenvalue weighted by atomic mass is 35.5. The zero-order chi connectivity index (χ0) is 21.1. The summed E-state index contributed by atoms with van der Waals surface area (Å²) in [5, 5.41) is 12.3. The van der Waals surface area contributed by atoms with Crippen molar-refractivity contribution >= 4 is 41.1 Å². The third-order valence-electron chi connectivity index (χ3n) is 5.93. The number of nitrogens with one attached hydrogen (secondary N) is 1. The third-order valence-corrected chi connectivity index (χ3v) is 6.67. The minimum atomic E-state index is -1.08. The first-order valence-electron chi connectivity index (χ1n) is 9.72. The van der Waals surface area contributed by atoms with Crippen molar-refractivity contribution in [3.8, 4) is 0 Å². The van der Waals surface area contributed by atoms with Gasteiger partial charge in [0.2, 0.25) is 11.8 Å². The molecule has 0 aliphatic carbocycles. The number of rotatable bonds is 4. The summed E-state index contributed by atoms with van der Waals surface area (Å²) in [5.41, 5.74) is 0.943. The lowest BCUT2D eigenvalue weighted by molar-refractivity contribution is -0.139. The summed E-state index contributed by atoms with van der Waals surface area (Å²) in [4.78, 5) is 39.2. The van der Waals surface area contributed by atoms with Crippen LogP contribution in [0.5, 0.6) is 0 Å². The number of halogens is 2. The maximum absolute atomic E-state index is 13.1. The summed E-state index contributed by atoms with van der Waals surface area (Å²) in [7, 11) is 0. The molecule has 2 aliphatic heterocycles. The van der Waals surface area contributed by atoms with E-state index in [4.69, 9.17) is 28.3 Å². The van der Waals surface area contributed by atoms with Crippen LogP contribution in [0.1, 0.15) is 31.2 Å². The molecule has 2 aliphatic rings. The van der Waals surface area contributed by atoms with Crippen molar-refractivity contribution in [3.63, 3.8) is 0 Å². The number of nitrogens with zero attached hydrogens (tertiary/aromatic N) is 2. The van der Waals surface area contributed by atoms with Crippen molar-refractivity contribution in [1.29, 1.82) is 0 Å². The summed E-state index contributed by atoms with van der Waals surface area (Å²) >= 11 is 12.2. The standard InChI is InChI=1S/C20H25Cl2N3O4/c1-12(26)24-6-4-13(5-7-24)19(27)25-10-15(9-23-20(28)29)16(11-25)14-2-3-17(21)18(22)8-14/h2-3,8,13,15-16,23H,4-7,9-11H2,1H3,(H,28,29)/t15-,16-/m0/s1. The molecular formula is C20H25Cl2N3O4. The summed E-state index contributed by atoms with van der Waals surface area (Å²) in [5.74, 6) is -0.0682. The van der Waals surface area contributed by atoms with Crippen LogP contribution >= 0.6 is 23.2 Å². The Morgan fingerprint density at radius 3 is 2.38 bits per heavy atom. The number of carbonyl (C=O) groups excluding carboxylic acids is 2. The van der Waals surface area contributed by atoms with Gasteiger partial charge in [0.1, 0.15) is 0 Å². The van der Waals surface area contributed by atoms with Gasteiger partial charge in [-0.25, -0.2) is 4.79 Å². The highest BCUT2D eigenvalue weighted by Gasteiger charge is 2.39. The predicted octanol–water partition coefficient (Wildman–Crippen LogP) is 3.06. The van der Waals surface area contributed by atoms with E-state index in [0.717, 1.165) is 5.56 Å². The molecule has 2 heterocycles. The van der Waals surface area contributed by atoms with E-state index >= 15 is 0 Å². The van der Waals surface area contributed by atoms with E-state index in [9.17, 15) is 14.4 Å². The fourth-order valence-corrected chi connectivity index (χ4v) is 4.60. The van der Waals surface area contributed by atoms with Crippen molar-refractivity contribution in [2.75, 3.05) is 32.7 Å². The summed E-state index contributed by atoms with van der Waals surface area (Å²) in [6.45, 7) is 3.99. The minimum absolute atomic E-state index is 0.0297. The Morgan fingerprint density at radius 1 is 1.10 bits per heavy atom. The molecule has 7 nitrogen and oxygen atoms in total. The summed E-state index contributed by atoms with van der Waals surface area (Å²) < 4.78 is 0. The van der Waals surface area contributed by atoms with Crippen LogP contribution in [0.15, 0.2) is 18.2 Å². The fourth-order valence-electron chi connectivity index (χ4n) is 4.30. The second-order valence-electron chi connectivity index (χ2n) is 7.75. The van der Waals surface area contributed by atoms with Crippen LogP contribution in [0, 0.1) is 11.8 Å². The second kappa shape index (κ2) is 9.22. The fraction of sp³-hybridized carbons (Fsp3) is 0.550. The summed E-state index contributed by atoms with van der Waals surface area (Å²) in [6, 6.07) is 5.40. The number of piperidine rings is 1. The predicted molar refractivity (Wildman–Crippen MR) is 110 cm³/mol. The zero-order valence-electron chi connectivity index (χ0n) is 16.2. The smallest absolute Gasteiger partial charge is 0.404 e. The molecule has 1 aromatic rings.